The van der Waals surface area contributed by atoms with E-state index in [0.29, 0.717) is 11.3 Å². The van der Waals surface area contributed by atoms with Gasteiger partial charge < -0.3 is 0 Å². The van der Waals surface area contributed by atoms with Gasteiger partial charge in [0.2, 0.25) is 10.0 Å². The van der Waals surface area contributed by atoms with Gasteiger partial charge in [-0.15, -0.1) is 0 Å². The number of sulfonamides is 1. The first kappa shape index (κ1) is 18.9. The van der Waals surface area contributed by atoms with Gasteiger partial charge in [-0.05, 0) is 36.8 Å². The number of benzene rings is 2. The van der Waals surface area contributed by atoms with Gasteiger partial charge in [0.15, 0.2) is 5.78 Å². The number of rotatable bonds is 6. The topological polar surface area (TPSA) is 67.3 Å². The predicted molar refractivity (Wildman–Crippen MR) is 104 cm³/mol. The smallest absolute Gasteiger partial charge is 0.243 e. The Balaban J connectivity index is 2.10. The fourth-order valence-corrected chi connectivity index (χ4v) is 4.29. The van der Waals surface area contributed by atoms with E-state index in [-0.39, 0.29) is 10.7 Å². The molecule has 0 spiro atoms. The molecule has 0 bridgehead atoms. The van der Waals surface area contributed by atoms with Crippen LogP contribution in [0.4, 0.5) is 0 Å². The highest BCUT2D eigenvalue weighted by atomic mass is 32.2. The summed E-state index contributed by atoms with van der Waals surface area (Å²) >= 11 is 0. The van der Waals surface area contributed by atoms with E-state index in [1.165, 1.54) is 30.4 Å². The number of Topliss-reactive ketones (excluding diaryl/α,β-unsaturated/α-hetero) is 1. The molecule has 3 rings (SSSR count). The minimum Gasteiger partial charge on any atom is -0.295 e. The molecule has 1 atom stereocenters. The second-order valence-electron chi connectivity index (χ2n) is 6.17. The van der Waals surface area contributed by atoms with Crippen LogP contribution in [-0.2, 0) is 10.0 Å². The summed E-state index contributed by atoms with van der Waals surface area (Å²) in [6.07, 6.45) is 1.64. The monoisotopic (exact) mass is 380 g/mol. The lowest BCUT2D eigenvalue weighted by molar-refractivity contribution is 0.101. The van der Waals surface area contributed by atoms with Gasteiger partial charge in [0.05, 0.1) is 16.6 Å². The molecule has 3 aromatic rings. The van der Waals surface area contributed by atoms with Crippen molar-refractivity contribution in [2.45, 2.75) is 17.9 Å². The zero-order chi connectivity index (χ0) is 19.4. The minimum atomic E-state index is -3.85. The first-order valence-electron chi connectivity index (χ1n) is 8.46. The zero-order valence-corrected chi connectivity index (χ0v) is 15.9. The highest BCUT2D eigenvalue weighted by Crippen LogP contribution is 2.31. The lowest BCUT2D eigenvalue weighted by Crippen LogP contribution is -2.32. The van der Waals surface area contributed by atoms with Gasteiger partial charge >= 0.3 is 0 Å². The predicted octanol–water partition coefficient (Wildman–Crippen LogP) is 3.69. The fourth-order valence-electron chi connectivity index (χ4n) is 2.92. The van der Waals surface area contributed by atoms with Crippen LogP contribution in [0.3, 0.4) is 0 Å². The van der Waals surface area contributed by atoms with Gasteiger partial charge in [-0.1, -0.05) is 48.5 Å². The summed E-state index contributed by atoms with van der Waals surface area (Å²) in [5.74, 6) is -0.181. The third-order valence-corrected chi connectivity index (χ3v) is 6.18. The van der Waals surface area contributed by atoms with Crippen LogP contribution in [-0.4, -0.2) is 30.5 Å². The average molecular weight is 380 g/mol. The fraction of sp³-hybridized carbons (Fsp3) is 0.143. The SMILES string of the molecule is CC(=O)c1cccc(S(=O)(=O)N(C)[C@@H](c2ccccc2)c2ccccn2)c1. The van der Waals surface area contributed by atoms with Crippen molar-refractivity contribution < 1.29 is 13.2 Å². The maximum Gasteiger partial charge on any atom is 0.243 e. The molecule has 0 aliphatic carbocycles. The third kappa shape index (κ3) is 3.97. The highest BCUT2D eigenvalue weighted by molar-refractivity contribution is 7.89. The second kappa shape index (κ2) is 7.82. The Morgan fingerprint density at radius 3 is 2.30 bits per heavy atom. The summed E-state index contributed by atoms with van der Waals surface area (Å²) in [4.78, 5) is 16.1. The number of hydrogen-bond acceptors (Lipinski definition) is 4. The van der Waals surface area contributed by atoms with Crippen molar-refractivity contribution in [3.05, 3.63) is 95.8 Å². The van der Waals surface area contributed by atoms with Crippen molar-refractivity contribution in [1.82, 2.24) is 9.29 Å². The number of pyridine rings is 1. The van der Waals surface area contributed by atoms with Gasteiger partial charge in [0, 0.05) is 18.8 Å². The summed E-state index contributed by atoms with van der Waals surface area (Å²) < 4.78 is 27.9. The van der Waals surface area contributed by atoms with Crippen LogP contribution in [0.15, 0.2) is 83.9 Å². The molecule has 0 aliphatic heterocycles. The molecule has 0 unspecified atom stereocenters. The molecular formula is C21H20N2O3S. The van der Waals surface area contributed by atoms with E-state index >= 15 is 0 Å². The molecule has 0 aliphatic rings. The molecule has 0 fully saturated rings. The molecule has 27 heavy (non-hydrogen) atoms. The largest absolute Gasteiger partial charge is 0.295 e. The molecule has 0 radical (unpaired) electrons. The first-order chi connectivity index (χ1) is 12.9. The zero-order valence-electron chi connectivity index (χ0n) is 15.1. The van der Waals surface area contributed by atoms with E-state index in [9.17, 15) is 13.2 Å². The van der Waals surface area contributed by atoms with Gasteiger partial charge in [-0.3, -0.25) is 9.78 Å². The number of aromatic nitrogens is 1. The Kier molecular flexibility index (Phi) is 5.48. The highest BCUT2D eigenvalue weighted by Gasteiger charge is 2.31. The molecule has 1 heterocycles. The van der Waals surface area contributed by atoms with Gasteiger partial charge in [0.1, 0.15) is 0 Å². The molecule has 0 N–H and O–H groups in total. The molecule has 0 saturated heterocycles. The Hall–Kier alpha value is -2.83. The quantitative estimate of drug-likeness (QED) is 0.612. The van der Waals surface area contributed by atoms with E-state index in [0.717, 1.165) is 5.56 Å². The van der Waals surface area contributed by atoms with E-state index in [4.69, 9.17) is 0 Å². The Bertz CT molecular complexity index is 996. The van der Waals surface area contributed by atoms with Gasteiger partial charge in [0.25, 0.3) is 0 Å². The molecule has 6 heteroatoms. The number of hydrogen-bond donors (Lipinski definition) is 0. The summed E-state index contributed by atoms with van der Waals surface area (Å²) in [5.41, 5.74) is 1.79. The molecule has 5 nitrogen and oxygen atoms in total. The summed E-state index contributed by atoms with van der Waals surface area (Å²) in [6.45, 7) is 1.41. The van der Waals surface area contributed by atoms with Gasteiger partial charge in [-0.25, -0.2) is 8.42 Å². The number of carbonyl (C=O) groups is 1. The summed E-state index contributed by atoms with van der Waals surface area (Å²) in [5, 5.41) is 0. The molecule has 2 aromatic carbocycles. The van der Waals surface area contributed by atoms with Crippen molar-refractivity contribution in [3.63, 3.8) is 0 Å². The van der Waals surface area contributed by atoms with Crippen molar-refractivity contribution >= 4 is 15.8 Å². The van der Waals surface area contributed by atoms with Crippen molar-refractivity contribution in [1.29, 1.82) is 0 Å². The third-order valence-electron chi connectivity index (χ3n) is 4.36. The normalized spacial score (nSPS) is 12.7. The Morgan fingerprint density at radius 1 is 0.963 bits per heavy atom. The van der Waals surface area contributed by atoms with Gasteiger partial charge in [-0.2, -0.15) is 4.31 Å². The van der Waals surface area contributed by atoms with E-state index < -0.39 is 16.1 Å². The second-order valence-corrected chi connectivity index (χ2v) is 8.17. The van der Waals surface area contributed by atoms with E-state index in [1.807, 2.05) is 36.4 Å². The van der Waals surface area contributed by atoms with Crippen LogP contribution < -0.4 is 0 Å². The van der Waals surface area contributed by atoms with Crippen molar-refractivity contribution in [2.24, 2.45) is 0 Å². The van der Waals surface area contributed by atoms with E-state index in [2.05, 4.69) is 4.98 Å². The first-order valence-corrected chi connectivity index (χ1v) is 9.90. The maximum atomic E-state index is 13.3. The van der Waals surface area contributed by atoms with Crippen molar-refractivity contribution in [2.75, 3.05) is 7.05 Å². The number of nitrogens with zero attached hydrogens (tertiary/aromatic N) is 2. The maximum absolute atomic E-state index is 13.3. The van der Waals surface area contributed by atoms with Crippen molar-refractivity contribution in [3.8, 4) is 0 Å². The Labute approximate surface area is 159 Å². The number of carbonyl (C=O) groups excluding carboxylic acids is 1. The molecule has 0 saturated carbocycles. The lowest BCUT2D eigenvalue weighted by Gasteiger charge is -2.27. The van der Waals surface area contributed by atoms with E-state index in [1.54, 1.807) is 30.5 Å². The molecule has 1 aromatic heterocycles. The number of ketones is 1. The molecule has 138 valence electrons. The van der Waals surface area contributed by atoms with Crippen LogP contribution in [0.5, 0.6) is 0 Å². The standard InChI is InChI=1S/C21H20N2O3S/c1-16(24)18-11-8-12-19(15-18)27(25,26)23(2)21(17-9-4-3-5-10-17)20-13-6-7-14-22-20/h3-15,21H,1-2H3/t21-/m0/s1. The lowest BCUT2D eigenvalue weighted by atomic mass is 10.0. The van der Waals surface area contributed by atoms with Crippen LogP contribution in [0.1, 0.15) is 34.6 Å². The molecular weight excluding hydrogens is 360 g/mol. The summed E-state index contributed by atoms with van der Waals surface area (Å²) in [6, 6.07) is 20.3. The molecule has 0 amide bonds. The summed E-state index contributed by atoms with van der Waals surface area (Å²) in [7, 11) is -2.32. The average Bonchev–Trinajstić information content (AvgIpc) is 2.70. The Morgan fingerprint density at radius 2 is 1.67 bits per heavy atom. The van der Waals surface area contributed by atoms with Crippen LogP contribution >= 0.6 is 0 Å². The van der Waals surface area contributed by atoms with Crippen LogP contribution in [0.25, 0.3) is 0 Å². The minimum absolute atomic E-state index is 0.0783. The van der Waals surface area contributed by atoms with Crippen LogP contribution in [0, 0.1) is 0 Å². The van der Waals surface area contributed by atoms with Crippen LogP contribution in [0.2, 0.25) is 0 Å².